The normalized spacial score (nSPS) is 10.6. The molecule has 0 aliphatic carbocycles. The average Bonchev–Trinajstić information content (AvgIpc) is 2.82. The molecule has 0 unspecified atom stereocenters. The molecule has 0 spiro atoms. The van der Waals surface area contributed by atoms with Crippen LogP contribution in [0, 0.1) is 6.92 Å². The smallest absolute Gasteiger partial charge is 0.255 e. The topological polar surface area (TPSA) is 58.2 Å². The van der Waals surface area contributed by atoms with Crippen LogP contribution in [0.4, 0.5) is 11.4 Å². The molecule has 4 heteroatoms. The first-order valence-electron chi connectivity index (χ1n) is 10.5. The lowest BCUT2D eigenvalue weighted by Gasteiger charge is -2.18. The van der Waals surface area contributed by atoms with E-state index >= 15 is 0 Å². The second-order valence-electron chi connectivity index (χ2n) is 7.64. The molecule has 0 fully saturated rings. The number of hydrogen-bond donors (Lipinski definition) is 2. The number of carbonyl (C=O) groups excluding carboxylic acids is 2. The van der Waals surface area contributed by atoms with Gasteiger partial charge in [-0.15, -0.1) is 0 Å². The zero-order chi connectivity index (χ0) is 22.3. The summed E-state index contributed by atoms with van der Waals surface area (Å²) in [5.74, 6) is -0.698. The molecule has 4 aromatic carbocycles. The maximum atomic E-state index is 13.2. The van der Waals surface area contributed by atoms with Crippen LogP contribution in [-0.4, -0.2) is 11.8 Å². The first kappa shape index (κ1) is 21.1. The molecule has 2 N–H and O–H groups in total. The third-order valence-corrected chi connectivity index (χ3v) is 5.22. The van der Waals surface area contributed by atoms with Crippen LogP contribution < -0.4 is 10.6 Å². The fourth-order valence-electron chi connectivity index (χ4n) is 3.63. The summed E-state index contributed by atoms with van der Waals surface area (Å²) in [5, 5.41) is 5.90. The number of anilines is 2. The molecule has 4 rings (SSSR count). The summed E-state index contributed by atoms with van der Waals surface area (Å²) < 4.78 is 0. The van der Waals surface area contributed by atoms with Gasteiger partial charge in [0.25, 0.3) is 5.91 Å². The summed E-state index contributed by atoms with van der Waals surface area (Å²) in [7, 11) is 0. The van der Waals surface area contributed by atoms with E-state index < -0.39 is 5.92 Å². The van der Waals surface area contributed by atoms with Crippen LogP contribution in [0.5, 0.6) is 0 Å². The van der Waals surface area contributed by atoms with Crippen molar-refractivity contribution in [3.8, 4) is 0 Å². The Balaban J connectivity index is 1.48. The molecular formula is C28H24N2O2. The van der Waals surface area contributed by atoms with Gasteiger partial charge in [0.15, 0.2) is 0 Å². The molecule has 4 aromatic rings. The maximum Gasteiger partial charge on any atom is 0.255 e. The SMILES string of the molecule is Cc1cccc(C(=O)Nc2ccc(NC(=O)C(c3ccccc3)c3ccccc3)cc2)c1. The fraction of sp³-hybridized carbons (Fsp3) is 0.0714. The highest BCUT2D eigenvalue weighted by Crippen LogP contribution is 2.26. The van der Waals surface area contributed by atoms with Crippen LogP contribution in [0.15, 0.2) is 109 Å². The molecule has 32 heavy (non-hydrogen) atoms. The van der Waals surface area contributed by atoms with Gasteiger partial charge in [0.05, 0.1) is 5.92 Å². The van der Waals surface area contributed by atoms with Gasteiger partial charge < -0.3 is 10.6 Å². The number of amides is 2. The van der Waals surface area contributed by atoms with Crippen LogP contribution in [0.1, 0.15) is 33.0 Å². The second kappa shape index (κ2) is 9.75. The Bertz CT molecular complexity index is 1160. The predicted octanol–water partition coefficient (Wildman–Crippen LogP) is 6.02. The summed E-state index contributed by atoms with van der Waals surface area (Å²) in [6.45, 7) is 1.95. The molecule has 2 amide bonds. The van der Waals surface area contributed by atoms with Gasteiger partial charge in [-0.1, -0.05) is 78.4 Å². The minimum atomic E-state index is -0.418. The highest BCUT2D eigenvalue weighted by Gasteiger charge is 2.22. The van der Waals surface area contributed by atoms with E-state index in [1.54, 1.807) is 30.3 Å². The van der Waals surface area contributed by atoms with Gasteiger partial charge >= 0.3 is 0 Å². The molecular weight excluding hydrogens is 396 g/mol. The highest BCUT2D eigenvalue weighted by molar-refractivity contribution is 6.04. The van der Waals surface area contributed by atoms with Gasteiger partial charge in [-0.3, -0.25) is 9.59 Å². The summed E-state index contributed by atoms with van der Waals surface area (Å²) in [5.41, 5.74) is 4.83. The molecule has 0 aliphatic heterocycles. The average molecular weight is 421 g/mol. The van der Waals surface area contributed by atoms with Gasteiger partial charge in [0.1, 0.15) is 0 Å². The molecule has 4 nitrogen and oxygen atoms in total. The van der Waals surface area contributed by atoms with Crippen LogP contribution in [0.25, 0.3) is 0 Å². The van der Waals surface area contributed by atoms with Crippen molar-refractivity contribution in [3.63, 3.8) is 0 Å². The minimum Gasteiger partial charge on any atom is -0.325 e. The lowest BCUT2D eigenvalue weighted by atomic mass is 9.90. The number of rotatable bonds is 6. The van der Waals surface area contributed by atoms with Gasteiger partial charge in [0.2, 0.25) is 5.91 Å². The second-order valence-corrected chi connectivity index (χ2v) is 7.64. The summed E-state index contributed by atoms with van der Waals surface area (Å²) in [6.07, 6.45) is 0. The maximum absolute atomic E-state index is 13.2. The monoisotopic (exact) mass is 420 g/mol. The molecule has 0 radical (unpaired) electrons. The number of benzene rings is 4. The molecule has 0 heterocycles. The van der Waals surface area contributed by atoms with Crippen molar-refractivity contribution in [2.24, 2.45) is 0 Å². The predicted molar refractivity (Wildman–Crippen MR) is 129 cm³/mol. The standard InChI is InChI=1S/C28H24N2O2/c1-20-9-8-14-23(19-20)27(31)29-24-15-17-25(18-16-24)30-28(32)26(21-10-4-2-5-11-21)22-12-6-3-7-13-22/h2-19,26H,1H3,(H,29,31)(H,30,32). The molecule has 0 saturated carbocycles. The largest absolute Gasteiger partial charge is 0.325 e. The summed E-state index contributed by atoms with van der Waals surface area (Å²) in [6, 6.07) is 34.0. The van der Waals surface area contributed by atoms with Gasteiger partial charge in [-0.2, -0.15) is 0 Å². The van der Waals surface area contributed by atoms with Crippen LogP contribution >= 0.6 is 0 Å². The van der Waals surface area contributed by atoms with Crippen molar-refractivity contribution >= 4 is 23.2 Å². The molecule has 0 saturated heterocycles. The number of nitrogens with one attached hydrogen (secondary N) is 2. The molecule has 158 valence electrons. The Kier molecular flexibility index (Phi) is 6.42. The molecule has 0 aromatic heterocycles. The summed E-state index contributed by atoms with van der Waals surface area (Å²) in [4.78, 5) is 25.7. The molecule has 0 aliphatic rings. The van der Waals surface area contributed by atoms with Crippen molar-refractivity contribution < 1.29 is 9.59 Å². The van der Waals surface area contributed by atoms with E-state index in [9.17, 15) is 9.59 Å². The van der Waals surface area contributed by atoms with E-state index in [2.05, 4.69) is 10.6 Å². The zero-order valence-electron chi connectivity index (χ0n) is 17.8. The Labute approximate surface area is 187 Å². The third kappa shape index (κ3) is 5.10. The Hall–Kier alpha value is -4.18. The summed E-state index contributed by atoms with van der Waals surface area (Å²) >= 11 is 0. The Morgan fingerprint density at radius 2 is 1.16 bits per heavy atom. The van der Waals surface area contributed by atoms with E-state index in [1.165, 1.54) is 0 Å². The van der Waals surface area contributed by atoms with Crippen molar-refractivity contribution in [1.82, 2.24) is 0 Å². The van der Waals surface area contributed by atoms with Crippen molar-refractivity contribution in [2.75, 3.05) is 10.6 Å². The van der Waals surface area contributed by atoms with Gasteiger partial charge in [0, 0.05) is 16.9 Å². The van der Waals surface area contributed by atoms with E-state index in [0.717, 1.165) is 16.7 Å². The van der Waals surface area contributed by atoms with Crippen LogP contribution in [0.2, 0.25) is 0 Å². The van der Waals surface area contributed by atoms with Gasteiger partial charge in [-0.25, -0.2) is 0 Å². The molecule has 0 bridgehead atoms. The van der Waals surface area contributed by atoms with Crippen molar-refractivity contribution in [3.05, 3.63) is 131 Å². The number of aryl methyl sites for hydroxylation is 1. The van der Waals surface area contributed by atoms with Crippen molar-refractivity contribution in [1.29, 1.82) is 0 Å². The van der Waals surface area contributed by atoms with E-state index in [4.69, 9.17) is 0 Å². The van der Waals surface area contributed by atoms with E-state index in [1.807, 2.05) is 85.8 Å². The van der Waals surface area contributed by atoms with Crippen LogP contribution in [0.3, 0.4) is 0 Å². The Morgan fingerprint density at radius 1 is 0.625 bits per heavy atom. The van der Waals surface area contributed by atoms with E-state index in [-0.39, 0.29) is 11.8 Å². The van der Waals surface area contributed by atoms with Crippen LogP contribution in [-0.2, 0) is 4.79 Å². The lowest BCUT2D eigenvalue weighted by molar-refractivity contribution is -0.116. The molecule has 0 atom stereocenters. The zero-order valence-corrected chi connectivity index (χ0v) is 17.8. The Morgan fingerprint density at radius 3 is 1.69 bits per heavy atom. The number of carbonyl (C=O) groups is 2. The minimum absolute atomic E-state index is 0.112. The quantitative estimate of drug-likeness (QED) is 0.401. The van der Waals surface area contributed by atoms with Crippen molar-refractivity contribution in [2.45, 2.75) is 12.8 Å². The first-order chi connectivity index (χ1) is 15.6. The lowest BCUT2D eigenvalue weighted by Crippen LogP contribution is -2.22. The van der Waals surface area contributed by atoms with E-state index in [0.29, 0.717) is 16.9 Å². The number of hydrogen-bond acceptors (Lipinski definition) is 2. The third-order valence-electron chi connectivity index (χ3n) is 5.22. The first-order valence-corrected chi connectivity index (χ1v) is 10.5. The van der Waals surface area contributed by atoms with Gasteiger partial charge in [-0.05, 0) is 54.4 Å². The fourth-order valence-corrected chi connectivity index (χ4v) is 3.63. The highest BCUT2D eigenvalue weighted by atomic mass is 16.2.